The van der Waals surface area contributed by atoms with Gasteiger partial charge in [0, 0.05) is 22.9 Å². The van der Waals surface area contributed by atoms with Gasteiger partial charge in [-0.15, -0.1) is 0 Å². The summed E-state index contributed by atoms with van der Waals surface area (Å²) in [6.07, 6.45) is 7.54. The van der Waals surface area contributed by atoms with Gasteiger partial charge in [0.05, 0.1) is 6.04 Å². The number of hydrogen-bond donors (Lipinski definition) is 2. The maximum Gasteiger partial charge on any atom is 0.244 e. The van der Waals surface area contributed by atoms with E-state index in [9.17, 15) is 4.79 Å². The van der Waals surface area contributed by atoms with Crippen LogP contribution in [0.25, 0.3) is 6.08 Å². The largest absolute Gasteiger partial charge is 0.347 e. The molecule has 2 aromatic rings. The van der Waals surface area contributed by atoms with E-state index in [0.717, 1.165) is 22.3 Å². The van der Waals surface area contributed by atoms with E-state index in [-0.39, 0.29) is 11.9 Å². The molecule has 0 bridgehead atoms. The first-order valence-corrected chi connectivity index (χ1v) is 7.21. The number of hydrogen-bond acceptors (Lipinski definition) is 2. The molecule has 1 heterocycles. The Hall–Kier alpha value is -1.88. The van der Waals surface area contributed by atoms with Gasteiger partial charge in [-0.3, -0.25) is 4.79 Å². The third kappa shape index (κ3) is 4.06. The molecule has 0 spiro atoms. The highest BCUT2D eigenvalue weighted by atomic mass is 79.9. The van der Waals surface area contributed by atoms with Crippen molar-refractivity contribution in [2.75, 3.05) is 0 Å². The fourth-order valence-corrected chi connectivity index (χ4v) is 2.25. The number of nitrogens with one attached hydrogen (secondary N) is 2. The second-order valence-corrected chi connectivity index (χ2v) is 5.25. The van der Waals surface area contributed by atoms with E-state index < -0.39 is 0 Å². The van der Waals surface area contributed by atoms with Crippen molar-refractivity contribution in [3.8, 4) is 0 Å². The zero-order valence-corrected chi connectivity index (χ0v) is 12.7. The standard InChI is InChI=1S/C15H16BrN3O/c1-2-13(15-17-8-9-18-15)19-14(20)7-6-11-4-3-5-12(16)10-11/h3-10,13H,2H2,1H3,(H,17,18)(H,19,20)/b7-6+. The Morgan fingerprint density at radius 2 is 2.40 bits per heavy atom. The van der Waals surface area contributed by atoms with E-state index in [1.54, 1.807) is 18.5 Å². The molecule has 1 aromatic heterocycles. The molecule has 1 unspecified atom stereocenters. The van der Waals surface area contributed by atoms with Crippen molar-refractivity contribution < 1.29 is 4.79 Å². The molecule has 0 aliphatic heterocycles. The molecule has 20 heavy (non-hydrogen) atoms. The lowest BCUT2D eigenvalue weighted by Gasteiger charge is -2.12. The van der Waals surface area contributed by atoms with E-state index in [1.165, 1.54) is 6.08 Å². The highest BCUT2D eigenvalue weighted by Crippen LogP contribution is 2.13. The van der Waals surface area contributed by atoms with Gasteiger partial charge in [0.25, 0.3) is 0 Å². The van der Waals surface area contributed by atoms with E-state index in [0.29, 0.717) is 0 Å². The lowest BCUT2D eigenvalue weighted by molar-refractivity contribution is -0.117. The van der Waals surface area contributed by atoms with Crippen molar-refractivity contribution >= 4 is 27.9 Å². The Bertz CT molecular complexity index is 593. The van der Waals surface area contributed by atoms with Crippen LogP contribution < -0.4 is 5.32 Å². The molecule has 0 aliphatic carbocycles. The number of aromatic amines is 1. The minimum absolute atomic E-state index is 0.0929. The number of benzene rings is 1. The van der Waals surface area contributed by atoms with Crippen molar-refractivity contribution in [1.82, 2.24) is 15.3 Å². The number of aromatic nitrogens is 2. The van der Waals surface area contributed by atoms with Crippen LogP contribution in [-0.4, -0.2) is 15.9 Å². The summed E-state index contributed by atoms with van der Waals surface area (Å²) >= 11 is 3.40. The van der Waals surface area contributed by atoms with Crippen LogP contribution >= 0.6 is 15.9 Å². The summed E-state index contributed by atoms with van der Waals surface area (Å²) < 4.78 is 0.988. The van der Waals surface area contributed by atoms with Crippen LogP contribution in [-0.2, 0) is 4.79 Å². The highest BCUT2D eigenvalue weighted by Gasteiger charge is 2.12. The van der Waals surface area contributed by atoms with Crippen LogP contribution in [0.1, 0.15) is 30.8 Å². The van der Waals surface area contributed by atoms with E-state index >= 15 is 0 Å². The fourth-order valence-electron chi connectivity index (χ4n) is 1.83. The average molecular weight is 334 g/mol. The molecule has 1 amide bonds. The summed E-state index contributed by atoms with van der Waals surface area (Å²) in [6, 6.07) is 7.68. The molecule has 2 N–H and O–H groups in total. The molecule has 5 heteroatoms. The van der Waals surface area contributed by atoms with Crippen LogP contribution in [0.4, 0.5) is 0 Å². The predicted molar refractivity (Wildman–Crippen MR) is 82.9 cm³/mol. The molecule has 1 aromatic carbocycles. The molecule has 0 fully saturated rings. The SMILES string of the molecule is CCC(NC(=O)/C=C/c1cccc(Br)c1)c1ncc[nH]1. The Morgan fingerprint density at radius 1 is 1.55 bits per heavy atom. The van der Waals surface area contributed by atoms with Gasteiger partial charge < -0.3 is 10.3 Å². The second kappa shape index (κ2) is 7.05. The summed E-state index contributed by atoms with van der Waals surface area (Å²) in [6.45, 7) is 2.01. The molecule has 104 valence electrons. The number of carbonyl (C=O) groups is 1. The molecule has 1 atom stereocenters. The van der Waals surface area contributed by atoms with Gasteiger partial charge in [-0.2, -0.15) is 0 Å². The number of imidazole rings is 1. The Balaban J connectivity index is 1.98. The quantitative estimate of drug-likeness (QED) is 0.823. The lowest BCUT2D eigenvalue weighted by atomic mass is 10.2. The van der Waals surface area contributed by atoms with Gasteiger partial charge in [-0.25, -0.2) is 4.98 Å². The number of amides is 1. The Kier molecular flexibility index (Phi) is 5.12. The molecular weight excluding hydrogens is 318 g/mol. The predicted octanol–water partition coefficient (Wildman–Crippen LogP) is 3.45. The van der Waals surface area contributed by atoms with Crippen molar-refractivity contribution in [1.29, 1.82) is 0 Å². The van der Waals surface area contributed by atoms with Crippen LogP contribution in [0.2, 0.25) is 0 Å². The summed E-state index contributed by atoms with van der Waals surface area (Å²) in [7, 11) is 0. The first kappa shape index (κ1) is 14.5. The topological polar surface area (TPSA) is 57.8 Å². The van der Waals surface area contributed by atoms with Crippen LogP contribution in [0.3, 0.4) is 0 Å². The normalized spacial score (nSPS) is 12.5. The maximum absolute atomic E-state index is 11.9. The van der Waals surface area contributed by atoms with Crippen molar-refractivity contribution in [3.63, 3.8) is 0 Å². The van der Waals surface area contributed by atoms with E-state index in [2.05, 4.69) is 31.2 Å². The van der Waals surface area contributed by atoms with E-state index in [4.69, 9.17) is 0 Å². The van der Waals surface area contributed by atoms with Gasteiger partial charge in [0.2, 0.25) is 5.91 Å². The van der Waals surface area contributed by atoms with Gasteiger partial charge in [0.15, 0.2) is 0 Å². The van der Waals surface area contributed by atoms with Crippen LogP contribution in [0.15, 0.2) is 47.2 Å². The highest BCUT2D eigenvalue weighted by molar-refractivity contribution is 9.10. The minimum atomic E-state index is -0.131. The monoisotopic (exact) mass is 333 g/mol. The average Bonchev–Trinajstić information content (AvgIpc) is 2.96. The lowest BCUT2D eigenvalue weighted by Crippen LogP contribution is -2.27. The van der Waals surface area contributed by atoms with Crippen LogP contribution in [0.5, 0.6) is 0 Å². The smallest absolute Gasteiger partial charge is 0.244 e. The van der Waals surface area contributed by atoms with Crippen molar-refractivity contribution in [3.05, 3.63) is 58.6 Å². The molecule has 0 saturated carbocycles. The van der Waals surface area contributed by atoms with Gasteiger partial charge >= 0.3 is 0 Å². The number of carbonyl (C=O) groups excluding carboxylic acids is 1. The summed E-state index contributed by atoms with van der Waals surface area (Å²) in [5.74, 6) is 0.643. The number of nitrogens with zero attached hydrogens (tertiary/aromatic N) is 1. The molecule has 0 radical (unpaired) electrons. The minimum Gasteiger partial charge on any atom is -0.347 e. The molecule has 0 saturated heterocycles. The first-order valence-electron chi connectivity index (χ1n) is 6.42. The summed E-state index contributed by atoms with van der Waals surface area (Å²) in [4.78, 5) is 19.1. The zero-order chi connectivity index (χ0) is 14.4. The second-order valence-electron chi connectivity index (χ2n) is 4.33. The maximum atomic E-state index is 11.9. The summed E-state index contributed by atoms with van der Waals surface area (Å²) in [5, 5.41) is 2.92. The number of rotatable bonds is 5. The van der Waals surface area contributed by atoms with Crippen LogP contribution in [0, 0.1) is 0 Å². The number of halogens is 1. The zero-order valence-electron chi connectivity index (χ0n) is 11.1. The summed E-state index contributed by atoms with van der Waals surface area (Å²) in [5.41, 5.74) is 0.973. The Labute approximate surface area is 126 Å². The van der Waals surface area contributed by atoms with E-state index in [1.807, 2.05) is 31.2 Å². The third-order valence-electron chi connectivity index (χ3n) is 2.85. The molecule has 2 rings (SSSR count). The third-order valence-corrected chi connectivity index (χ3v) is 3.34. The Morgan fingerprint density at radius 3 is 3.05 bits per heavy atom. The van der Waals surface area contributed by atoms with Gasteiger partial charge in [0.1, 0.15) is 5.82 Å². The van der Waals surface area contributed by atoms with Crippen molar-refractivity contribution in [2.24, 2.45) is 0 Å². The fraction of sp³-hybridized carbons (Fsp3) is 0.200. The molecule has 4 nitrogen and oxygen atoms in total. The molecular formula is C15H16BrN3O. The molecule has 0 aliphatic rings. The van der Waals surface area contributed by atoms with Gasteiger partial charge in [-0.1, -0.05) is 35.0 Å². The van der Waals surface area contributed by atoms with Crippen molar-refractivity contribution in [2.45, 2.75) is 19.4 Å². The number of H-pyrrole nitrogens is 1. The van der Waals surface area contributed by atoms with Gasteiger partial charge in [-0.05, 0) is 30.2 Å². The first-order chi connectivity index (χ1) is 9.69.